The maximum atomic E-state index is 11.7. The molecule has 0 amide bonds. The summed E-state index contributed by atoms with van der Waals surface area (Å²) in [5.74, 6) is -0.992. The summed E-state index contributed by atoms with van der Waals surface area (Å²) in [6.45, 7) is 3.43. The molecule has 0 saturated carbocycles. The number of hydrogen-bond donors (Lipinski definition) is 1. The zero-order chi connectivity index (χ0) is 16.5. The van der Waals surface area contributed by atoms with E-state index in [2.05, 4.69) is 0 Å². The van der Waals surface area contributed by atoms with Gasteiger partial charge in [0.1, 0.15) is 5.78 Å². The van der Waals surface area contributed by atoms with Gasteiger partial charge in [0, 0.05) is 18.9 Å². The fourth-order valence-corrected chi connectivity index (χ4v) is 2.06. The minimum atomic E-state index is -0.793. The van der Waals surface area contributed by atoms with Crippen LogP contribution in [0.25, 0.3) is 0 Å². The molecule has 124 valence electrons. The number of carbonyl (C=O) groups is 3. The third kappa shape index (κ3) is 7.93. The first-order chi connectivity index (χ1) is 10.4. The molecule has 0 aromatic heterocycles. The Hall–Kier alpha value is -1.69. The number of rotatable bonds is 0. The zero-order valence-corrected chi connectivity index (χ0v) is 13.1. The molecule has 3 atom stereocenters. The van der Waals surface area contributed by atoms with Crippen LogP contribution in [0.3, 0.4) is 0 Å². The van der Waals surface area contributed by atoms with Crippen molar-refractivity contribution >= 4 is 17.7 Å². The fourth-order valence-electron chi connectivity index (χ4n) is 2.06. The lowest BCUT2D eigenvalue weighted by Gasteiger charge is -2.15. The van der Waals surface area contributed by atoms with Crippen molar-refractivity contribution in [3.63, 3.8) is 0 Å². The van der Waals surface area contributed by atoms with Crippen LogP contribution in [0.15, 0.2) is 12.2 Å². The predicted octanol–water partition coefficient (Wildman–Crippen LogP) is 1.69. The van der Waals surface area contributed by atoms with Crippen LogP contribution in [0.1, 0.15) is 52.4 Å². The molecule has 0 bridgehead atoms. The van der Waals surface area contributed by atoms with E-state index in [-0.39, 0.29) is 31.1 Å². The molecule has 1 aliphatic heterocycles. The first kappa shape index (κ1) is 18.4. The fraction of sp³-hybridized carbons (Fsp3) is 0.688. The smallest absolute Gasteiger partial charge is 0.330 e. The number of cyclic esters (lactones) is 2. The van der Waals surface area contributed by atoms with Gasteiger partial charge in [-0.3, -0.25) is 9.59 Å². The summed E-state index contributed by atoms with van der Waals surface area (Å²) in [6, 6.07) is 0. The molecule has 0 radical (unpaired) electrons. The van der Waals surface area contributed by atoms with Gasteiger partial charge in [-0.15, -0.1) is 0 Å². The Kier molecular flexibility index (Phi) is 7.80. The maximum Gasteiger partial charge on any atom is 0.330 e. The molecule has 1 N–H and O–H groups in total. The van der Waals surface area contributed by atoms with Crippen LogP contribution < -0.4 is 0 Å². The van der Waals surface area contributed by atoms with Crippen molar-refractivity contribution in [1.82, 2.24) is 0 Å². The summed E-state index contributed by atoms with van der Waals surface area (Å²) in [6.07, 6.45) is 2.71. The number of ether oxygens (including phenoxy) is 2. The van der Waals surface area contributed by atoms with Crippen molar-refractivity contribution in [2.75, 3.05) is 0 Å². The summed E-state index contributed by atoms with van der Waals surface area (Å²) < 4.78 is 10.3. The second-order valence-electron chi connectivity index (χ2n) is 5.63. The molecular formula is C16H24O6. The standard InChI is InChI=1S/C16H24O6/c1-11-3-5-13(17)8-10-16(20)22-12(2)4-6-14(18)7-9-15(19)21-11/h7,9,11-12,14,18H,3-6,8,10H2,1-2H3/b9-7+/t11-,12?,14+/m1/s1. The number of Topliss-reactive ketones (excluding diaryl/α,β-unsaturated/α-hetero) is 1. The van der Waals surface area contributed by atoms with Crippen LogP contribution in [-0.2, 0) is 23.9 Å². The Balaban J connectivity index is 2.65. The third-order valence-electron chi connectivity index (χ3n) is 3.41. The molecule has 0 aromatic carbocycles. The largest absolute Gasteiger partial charge is 0.463 e. The SMILES string of the molecule is CC1CC[C@H](O)/C=C/C(=O)O[C@H](C)CCC(=O)CCC(=O)O1. The minimum absolute atomic E-state index is 0.0504. The van der Waals surface area contributed by atoms with E-state index in [4.69, 9.17) is 9.47 Å². The molecule has 1 heterocycles. The summed E-state index contributed by atoms with van der Waals surface area (Å²) in [5.41, 5.74) is 0. The van der Waals surface area contributed by atoms with E-state index in [0.29, 0.717) is 19.3 Å². The Bertz CT molecular complexity index is 428. The Morgan fingerprint density at radius 3 is 2.36 bits per heavy atom. The highest BCUT2D eigenvalue weighted by molar-refractivity contribution is 5.83. The quantitative estimate of drug-likeness (QED) is 0.685. The molecule has 1 unspecified atom stereocenters. The lowest BCUT2D eigenvalue weighted by Crippen LogP contribution is -2.19. The number of hydrogen-bond acceptors (Lipinski definition) is 6. The van der Waals surface area contributed by atoms with Gasteiger partial charge in [0.2, 0.25) is 0 Å². The van der Waals surface area contributed by atoms with E-state index in [0.717, 1.165) is 0 Å². The molecule has 0 aliphatic carbocycles. The van der Waals surface area contributed by atoms with E-state index < -0.39 is 24.1 Å². The van der Waals surface area contributed by atoms with E-state index >= 15 is 0 Å². The summed E-state index contributed by atoms with van der Waals surface area (Å²) in [4.78, 5) is 34.8. The second-order valence-corrected chi connectivity index (χ2v) is 5.63. The normalized spacial score (nSPS) is 31.2. The third-order valence-corrected chi connectivity index (χ3v) is 3.41. The second kappa shape index (κ2) is 9.35. The topological polar surface area (TPSA) is 89.9 Å². The molecule has 1 rings (SSSR count). The van der Waals surface area contributed by atoms with Gasteiger partial charge in [-0.1, -0.05) is 0 Å². The Morgan fingerprint density at radius 2 is 1.64 bits per heavy atom. The van der Waals surface area contributed by atoms with E-state index in [1.54, 1.807) is 13.8 Å². The molecule has 0 aromatic rings. The lowest BCUT2D eigenvalue weighted by atomic mass is 10.1. The van der Waals surface area contributed by atoms with Crippen molar-refractivity contribution in [2.45, 2.75) is 70.7 Å². The van der Waals surface area contributed by atoms with Crippen LogP contribution in [-0.4, -0.2) is 41.1 Å². The van der Waals surface area contributed by atoms with Crippen LogP contribution in [0, 0.1) is 0 Å². The van der Waals surface area contributed by atoms with Crippen LogP contribution in [0.5, 0.6) is 0 Å². The van der Waals surface area contributed by atoms with Crippen molar-refractivity contribution in [2.24, 2.45) is 0 Å². The van der Waals surface area contributed by atoms with Crippen LogP contribution in [0.2, 0.25) is 0 Å². The molecule has 0 saturated heterocycles. The Labute approximate surface area is 130 Å². The monoisotopic (exact) mass is 312 g/mol. The summed E-state index contributed by atoms with van der Waals surface area (Å²) >= 11 is 0. The van der Waals surface area contributed by atoms with Crippen molar-refractivity contribution in [3.05, 3.63) is 12.2 Å². The average molecular weight is 312 g/mol. The van der Waals surface area contributed by atoms with Gasteiger partial charge in [-0.05, 0) is 39.2 Å². The van der Waals surface area contributed by atoms with Gasteiger partial charge in [0.25, 0.3) is 0 Å². The molecular weight excluding hydrogens is 288 g/mol. The van der Waals surface area contributed by atoms with Crippen molar-refractivity contribution in [3.8, 4) is 0 Å². The first-order valence-corrected chi connectivity index (χ1v) is 7.65. The molecule has 0 fully saturated rings. The van der Waals surface area contributed by atoms with E-state index in [1.165, 1.54) is 12.2 Å². The zero-order valence-electron chi connectivity index (χ0n) is 13.1. The van der Waals surface area contributed by atoms with E-state index in [9.17, 15) is 19.5 Å². The average Bonchev–Trinajstić information content (AvgIpc) is 2.46. The number of aliphatic hydroxyl groups is 1. The van der Waals surface area contributed by atoms with Crippen molar-refractivity contribution in [1.29, 1.82) is 0 Å². The summed E-state index contributed by atoms with van der Waals surface area (Å²) in [5, 5.41) is 9.74. The molecule has 0 spiro atoms. The predicted molar refractivity (Wildman–Crippen MR) is 79.0 cm³/mol. The lowest BCUT2D eigenvalue weighted by molar-refractivity contribution is -0.149. The molecule has 22 heavy (non-hydrogen) atoms. The Morgan fingerprint density at radius 1 is 0.955 bits per heavy atom. The van der Waals surface area contributed by atoms with Gasteiger partial charge >= 0.3 is 11.9 Å². The highest BCUT2D eigenvalue weighted by Gasteiger charge is 2.15. The van der Waals surface area contributed by atoms with Gasteiger partial charge in [-0.25, -0.2) is 4.79 Å². The first-order valence-electron chi connectivity index (χ1n) is 7.65. The van der Waals surface area contributed by atoms with Crippen LogP contribution >= 0.6 is 0 Å². The number of carbonyl (C=O) groups excluding carboxylic acids is 3. The molecule has 6 heteroatoms. The van der Waals surface area contributed by atoms with Gasteiger partial charge in [-0.2, -0.15) is 0 Å². The highest BCUT2D eigenvalue weighted by Crippen LogP contribution is 2.11. The van der Waals surface area contributed by atoms with Gasteiger partial charge in [0.15, 0.2) is 0 Å². The maximum absolute atomic E-state index is 11.7. The minimum Gasteiger partial charge on any atom is -0.463 e. The van der Waals surface area contributed by atoms with Gasteiger partial charge in [0.05, 0.1) is 24.7 Å². The molecule has 1 aliphatic rings. The number of ketones is 1. The summed E-state index contributed by atoms with van der Waals surface area (Å²) in [7, 11) is 0. The number of esters is 2. The number of aliphatic hydroxyl groups excluding tert-OH is 1. The molecule has 6 nitrogen and oxygen atoms in total. The van der Waals surface area contributed by atoms with Crippen molar-refractivity contribution < 1.29 is 29.0 Å². The van der Waals surface area contributed by atoms with Crippen LogP contribution in [0.4, 0.5) is 0 Å². The van der Waals surface area contributed by atoms with Gasteiger partial charge < -0.3 is 14.6 Å². The van der Waals surface area contributed by atoms with E-state index in [1.807, 2.05) is 0 Å². The highest BCUT2D eigenvalue weighted by atomic mass is 16.5.